The molecule has 4 nitrogen and oxygen atoms in total. The molecule has 1 saturated heterocycles. The summed E-state index contributed by atoms with van der Waals surface area (Å²) in [6.45, 7) is 4.86. The molecule has 3 atom stereocenters. The Morgan fingerprint density at radius 3 is 2.88 bits per heavy atom. The van der Waals surface area contributed by atoms with Crippen molar-refractivity contribution in [1.82, 2.24) is 9.88 Å². The number of amidine groups is 1. The molecule has 2 aliphatic heterocycles. The van der Waals surface area contributed by atoms with Crippen LogP contribution in [-0.4, -0.2) is 33.5 Å². The summed E-state index contributed by atoms with van der Waals surface area (Å²) in [5, 5.41) is 1.83. The van der Waals surface area contributed by atoms with Crippen molar-refractivity contribution in [2.45, 2.75) is 38.4 Å². The van der Waals surface area contributed by atoms with E-state index >= 15 is 0 Å². The Morgan fingerprint density at radius 2 is 2.15 bits per heavy atom. The van der Waals surface area contributed by atoms with E-state index in [1.165, 1.54) is 0 Å². The molecular formula is C20H22ClN3OS. The summed E-state index contributed by atoms with van der Waals surface area (Å²) in [6, 6.07) is 12.4. The Kier molecular flexibility index (Phi) is 5.09. The molecule has 1 fully saturated rings. The van der Waals surface area contributed by atoms with Crippen LogP contribution in [0, 0.1) is 0 Å². The van der Waals surface area contributed by atoms with E-state index in [1.807, 2.05) is 55.2 Å². The van der Waals surface area contributed by atoms with Crippen LogP contribution in [0.1, 0.15) is 43.6 Å². The minimum absolute atomic E-state index is 0.0503. The molecule has 2 aromatic rings. The van der Waals surface area contributed by atoms with Crippen LogP contribution in [0.4, 0.5) is 0 Å². The molecule has 0 spiro atoms. The van der Waals surface area contributed by atoms with Crippen molar-refractivity contribution in [3.8, 4) is 5.75 Å². The molecule has 3 heterocycles. The van der Waals surface area contributed by atoms with Crippen molar-refractivity contribution >= 4 is 28.5 Å². The molecule has 0 aliphatic carbocycles. The van der Waals surface area contributed by atoms with E-state index in [9.17, 15) is 0 Å². The number of aromatic nitrogens is 1. The van der Waals surface area contributed by atoms with Gasteiger partial charge in [-0.15, -0.1) is 0 Å². The van der Waals surface area contributed by atoms with Crippen LogP contribution in [-0.2, 0) is 0 Å². The predicted octanol–water partition coefficient (Wildman–Crippen LogP) is 5.11. The van der Waals surface area contributed by atoms with Crippen molar-refractivity contribution in [3.05, 3.63) is 58.9 Å². The fourth-order valence-corrected chi connectivity index (χ4v) is 5.24. The van der Waals surface area contributed by atoms with Crippen LogP contribution in [0.2, 0.25) is 5.02 Å². The molecule has 4 rings (SSSR count). The minimum atomic E-state index is -0.0503. The number of fused-ring (bicyclic) bond motifs is 1. The van der Waals surface area contributed by atoms with Gasteiger partial charge in [-0.05, 0) is 43.7 Å². The lowest BCUT2D eigenvalue weighted by Crippen LogP contribution is -2.35. The van der Waals surface area contributed by atoms with Gasteiger partial charge in [-0.3, -0.25) is 9.98 Å². The van der Waals surface area contributed by atoms with Crippen LogP contribution >= 0.6 is 23.4 Å². The van der Waals surface area contributed by atoms with E-state index in [4.69, 9.17) is 21.3 Å². The van der Waals surface area contributed by atoms with Crippen LogP contribution < -0.4 is 4.74 Å². The van der Waals surface area contributed by atoms with E-state index in [1.54, 1.807) is 0 Å². The Labute approximate surface area is 163 Å². The van der Waals surface area contributed by atoms with Gasteiger partial charge >= 0.3 is 0 Å². The van der Waals surface area contributed by atoms with Crippen molar-refractivity contribution < 1.29 is 4.74 Å². The maximum absolute atomic E-state index is 6.37. The van der Waals surface area contributed by atoms with Gasteiger partial charge in [0, 0.05) is 28.6 Å². The largest absolute Gasteiger partial charge is 0.494 e. The molecule has 0 unspecified atom stereocenters. The van der Waals surface area contributed by atoms with Gasteiger partial charge in [0.05, 0.1) is 18.3 Å². The molecule has 0 radical (unpaired) electrons. The highest BCUT2D eigenvalue weighted by Crippen LogP contribution is 2.50. The molecule has 0 N–H and O–H groups in total. The van der Waals surface area contributed by atoms with E-state index in [0.717, 1.165) is 39.4 Å². The van der Waals surface area contributed by atoms with Gasteiger partial charge in [0.25, 0.3) is 0 Å². The number of hydrogen-bond donors (Lipinski definition) is 0. The van der Waals surface area contributed by atoms with Gasteiger partial charge in [0.15, 0.2) is 5.17 Å². The van der Waals surface area contributed by atoms with Crippen LogP contribution in [0.15, 0.2) is 47.6 Å². The lowest BCUT2D eigenvalue weighted by molar-refractivity contribution is 0.245. The Balaban J connectivity index is 1.84. The molecule has 1 aromatic heterocycles. The van der Waals surface area contributed by atoms with Crippen molar-refractivity contribution in [2.24, 2.45) is 4.99 Å². The summed E-state index contributed by atoms with van der Waals surface area (Å²) < 4.78 is 5.94. The number of pyridine rings is 1. The lowest BCUT2D eigenvalue weighted by Gasteiger charge is -2.32. The zero-order valence-corrected chi connectivity index (χ0v) is 16.5. The Hall–Kier alpha value is -1.72. The second-order valence-electron chi connectivity index (χ2n) is 6.45. The fourth-order valence-electron chi connectivity index (χ4n) is 3.72. The maximum Gasteiger partial charge on any atom is 0.160 e. The number of benzene rings is 1. The topological polar surface area (TPSA) is 37.7 Å². The number of aliphatic imine (C=N–C) groups is 1. The van der Waals surface area contributed by atoms with Gasteiger partial charge in [-0.25, -0.2) is 0 Å². The third-order valence-corrected chi connectivity index (χ3v) is 6.28. The molecule has 26 heavy (non-hydrogen) atoms. The average Bonchev–Trinajstić information content (AvgIpc) is 3.23. The summed E-state index contributed by atoms with van der Waals surface area (Å²) in [5.41, 5.74) is 2.08. The monoisotopic (exact) mass is 387 g/mol. The molecule has 0 saturated carbocycles. The van der Waals surface area contributed by atoms with E-state index in [-0.39, 0.29) is 12.1 Å². The first-order valence-electron chi connectivity index (χ1n) is 9.05. The van der Waals surface area contributed by atoms with Crippen molar-refractivity contribution in [2.75, 3.05) is 12.4 Å². The normalized spacial score (nSPS) is 24.5. The second-order valence-corrected chi connectivity index (χ2v) is 7.88. The fraction of sp³-hybridized carbons (Fsp3) is 0.400. The molecular weight excluding hydrogens is 366 g/mol. The molecule has 0 amide bonds. The molecule has 0 bridgehead atoms. The van der Waals surface area contributed by atoms with Crippen molar-refractivity contribution in [1.29, 1.82) is 0 Å². The third-order valence-electron chi connectivity index (χ3n) is 4.92. The highest BCUT2D eigenvalue weighted by molar-refractivity contribution is 8.14. The van der Waals surface area contributed by atoms with Gasteiger partial charge in [-0.1, -0.05) is 36.4 Å². The average molecular weight is 388 g/mol. The number of rotatable bonds is 5. The number of ether oxygens (including phenoxy) is 1. The van der Waals surface area contributed by atoms with E-state index in [0.29, 0.717) is 12.6 Å². The zero-order chi connectivity index (χ0) is 18.1. The van der Waals surface area contributed by atoms with E-state index in [2.05, 4.69) is 22.9 Å². The van der Waals surface area contributed by atoms with Crippen LogP contribution in [0.5, 0.6) is 5.75 Å². The standard InChI is InChI=1S/C20H22ClN3OS/c1-3-14-12-26-20-23-18(16-7-5-6-10-22-16)19(24(14)20)15-11-13(21)8-9-17(15)25-4-2/h5-11,14,18-19H,3-4,12H2,1-2H3/t14-,18-,19+/m0/s1. The minimum Gasteiger partial charge on any atom is -0.494 e. The van der Waals surface area contributed by atoms with Gasteiger partial charge in [-0.2, -0.15) is 0 Å². The summed E-state index contributed by atoms with van der Waals surface area (Å²) in [7, 11) is 0. The predicted molar refractivity (Wildman–Crippen MR) is 108 cm³/mol. The number of thioether (sulfide) groups is 1. The number of halogens is 1. The molecule has 6 heteroatoms. The Bertz CT molecular complexity index is 814. The van der Waals surface area contributed by atoms with Crippen molar-refractivity contribution in [3.63, 3.8) is 0 Å². The Morgan fingerprint density at radius 1 is 1.27 bits per heavy atom. The highest BCUT2D eigenvalue weighted by atomic mass is 35.5. The summed E-state index contributed by atoms with van der Waals surface area (Å²) in [6.07, 6.45) is 2.92. The first-order chi connectivity index (χ1) is 12.7. The number of nitrogens with zero attached hydrogens (tertiary/aromatic N) is 3. The molecule has 1 aromatic carbocycles. The van der Waals surface area contributed by atoms with E-state index < -0.39 is 0 Å². The van der Waals surface area contributed by atoms with Crippen LogP contribution in [0.25, 0.3) is 0 Å². The lowest BCUT2D eigenvalue weighted by atomic mass is 9.94. The summed E-state index contributed by atoms with van der Waals surface area (Å²) in [5.74, 6) is 1.96. The number of hydrogen-bond acceptors (Lipinski definition) is 5. The van der Waals surface area contributed by atoms with Gasteiger partial charge < -0.3 is 9.64 Å². The first kappa shape index (κ1) is 17.7. The summed E-state index contributed by atoms with van der Waals surface area (Å²) >= 11 is 8.21. The summed E-state index contributed by atoms with van der Waals surface area (Å²) in [4.78, 5) is 12.1. The first-order valence-corrected chi connectivity index (χ1v) is 10.4. The third kappa shape index (κ3) is 3.08. The highest BCUT2D eigenvalue weighted by Gasteiger charge is 2.46. The zero-order valence-electron chi connectivity index (χ0n) is 14.9. The SMILES string of the molecule is CCOc1ccc(Cl)cc1[C@@H]1[C@H](c2ccccn2)N=C2SC[C@H](CC)N21. The molecule has 2 aliphatic rings. The smallest absolute Gasteiger partial charge is 0.160 e. The van der Waals surface area contributed by atoms with Gasteiger partial charge in [0.2, 0.25) is 0 Å². The van der Waals surface area contributed by atoms with Gasteiger partial charge in [0.1, 0.15) is 11.8 Å². The quantitative estimate of drug-likeness (QED) is 0.714. The molecule has 136 valence electrons. The second kappa shape index (κ2) is 7.49. The van der Waals surface area contributed by atoms with Crippen LogP contribution in [0.3, 0.4) is 0 Å². The maximum atomic E-state index is 6.37.